The van der Waals surface area contributed by atoms with Gasteiger partial charge in [-0.05, 0) is 46.3 Å². The molecule has 0 aliphatic carbocycles. The first-order valence-corrected chi connectivity index (χ1v) is 7.55. The standard InChI is InChI=1S/C13H7Br2ClN2O3/c14-7-1-3-11(10(15)5-7)17-13(19)9-6-8(16)2-4-12(9)18(20)21/h1-6H,(H,17,19). The highest BCUT2D eigenvalue weighted by Gasteiger charge is 2.21. The van der Waals surface area contributed by atoms with Gasteiger partial charge in [0.1, 0.15) is 5.56 Å². The molecule has 0 atom stereocenters. The summed E-state index contributed by atoms with van der Waals surface area (Å²) in [6, 6.07) is 9.00. The Bertz CT molecular complexity index is 737. The molecule has 0 saturated carbocycles. The number of halogens is 3. The molecule has 1 amide bonds. The van der Waals surface area contributed by atoms with Crippen molar-refractivity contribution in [3.63, 3.8) is 0 Å². The van der Waals surface area contributed by atoms with Gasteiger partial charge in [-0.3, -0.25) is 14.9 Å². The number of nitro groups is 1. The number of nitrogens with one attached hydrogen (secondary N) is 1. The van der Waals surface area contributed by atoms with Gasteiger partial charge in [0.2, 0.25) is 0 Å². The average molecular weight is 434 g/mol. The predicted molar refractivity (Wildman–Crippen MR) is 87.9 cm³/mol. The second-order valence-corrected chi connectivity index (χ2v) is 6.20. The monoisotopic (exact) mass is 432 g/mol. The fourth-order valence-corrected chi connectivity index (χ4v) is 2.95. The van der Waals surface area contributed by atoms with E-state index in [4.69, 9.17) is 11.6 Å². The lowest BCUT2D eigenvalue weighted by atomic mass is 10.1. The quantitative estimate of drug-likeness (QED) is 0.544. The van der Waals surface area contributed by atoms with Gasteiger partial charge in [-0.25, -0.2) is 0 Å². The highest BCUT2D eigenvalue weighted by molar-refractivity contribution is 9.11. The lowest BCUT2D eigenvalue weighted by molar-refractivity contribution is -0.385. The zero-order valence-corrected chi connectivity index (χ0v) is 14.2. The largest absolute Gasteiger partial charge is 0.321 e. The molecule has 1 N–H and O–H groups in total. The Balaban J connectivity index is 2.36. The van der Waals surface area contributed by atoms with Crippen LogP contribution in [0, 0.1) is 10.1 Å². The molecule has 5 nitrogen and oxygen atoms in total. The number of carbonyl (C=O) groups is 1. The molecule has 0 heterocycles. The van der Waals surface area contributed by atoms with Gasteiger partial charge >= 0.3 is 0 Å². The zero-order valence-electron chi connectivity index (χ0n) is 10.3. The number of carbonyl (C=O) groups excluding carboxylic acids is 1. The van der Waals surface area contributed by atoms with E-state index in [1.165, 1.54) is 18.2 Å². The van der Waals surface area contributed by atoms with E-state index in [9.17, 15) is 14.9 Å². The van der Waals surface area contributed by atoms with Crippen LogP contribution in [0.5, 0.6) is 0 Å². The Morgan fingerprint density at radius 3 is 2.52 bits per heavy atom. The van der Waals surface area contributed by atoms with Crippen molar-refractivity contribution in [3.05, 3.63) is 66.0 Å². The Morgan fingerprint density at radius 2 is 1.90 bits per heavy atom. The highest BCUT2D eigenvalue weighted by Crippen LogP contribution is 2.28. The van der Waals surface area contributed by atoms with Gasteiger partial charge in [-0.15, -0.1) is 0 Å². The number of anilines is 1. The Hall–Kier alpha value is -1.44. The first-order valence-electron chi connectivity index (χ1n) is 5.59. The topological polar surface area (TPSA) is 72.2 Å². The normalized spacial score (nSPS) is 10.2. The summed E-state index contributed by atoms with van der Waals surface area (Å²) in [4.78, 5) is 22.6. The van der Waals surface area contributed by atoms with Crippen LogP contribution in [-0.4, -0.2) is 10.8 Å². The Morgan fingerprint density at radius 1 is 1.19 bits per heavy atom. The second kappa shape index (κ2) is 6.55. The van der Waals surface area contributed by atoms with Crippen LogP contribution in [0.25, 0.3) is 0 Å². The van der Waals surface area contributed by atoms with Crippen LogP contribution in [0.2, 0.25) is 5.02 Å². The summed E-state index contributed by atoms with van der Waals surface area (Å²) in [5.74, 6) is -0.604. The predicted octanol–water partition coefficient (Wildman–Crippen LogP) is 5.03. The lowest BCUT2D eigenvalue weighted by Gasteiger charge is -2.08. The van der Waals surface area contributed by atoms with Crippen molar-refractivity contribution in [2.24, 2.45) is 0 Å². The summed E-state index contributed by atoms with van der Waals surface area (Å²) in [6.07, 6.45) is 0. The molecule has 2 rings (SSSR count). The first-order chi connectivity index (χ1) is 9.88. The molecule has 0 aromatic heterocycles. The van der Waals surface area contributed by atoms with Gasteiger partial charge in [0.15, 0.2) is 0 Å². The summed E-state index contributed by atoms with van der Waals surface area (Å²) in [5, 5.41) is 13.8. The number of hydrogen-bond donors (Lipinski definition) is 1. The van der Waals surface area contributed by atoms with E-state index in [2.05, 4.69) is 37.2 Å². The lowest BCUT2D eigenvalue weighted by Crippen LogP contribution is -2.14. The van der Waals surface area contributed by atoms with Crippen LogP contribution in [0.1, 0.15) is 10.4 Å². The van der Waals surface area contributed by atoms with E-state index >= 15 is 0 Å². The van der Waals surface area contributed by atoms with Crippen LogP contribution in [0.3, 0.4) is 0 Å². The molecular formula is C13H7Br2ClN2O3. The molecule has 0 unspecified atom stereocenters. The molecule has 108 valence electrons. The number of rotatable bonds is 3. The van der Waals surface area contributed by atoms with E-state index in [0.29, 0.717) is 10.2 Å². The van der Waals surface area contributed by atoms with Crippen LogP contribution < -0.4 is 5.32 Å². The van der Waals surface area contributed by atoms with Crippen LogP contribution in [-0.2, 0) is 0 Å². The third-order valence-electron chi connectivity index (χ3n) is 2.58. The summed E-state index contributed by atoms with van der Waals surface area (Å²) in [6.45, 7) is 0. The van der Waals surface area contributed by atoms with Gasteiger partial charge in [-0.1, -0.05) is 27.5 Å². The smallest absolute Gasteiger partial charge is 0.282 e. The van der Waals surface area contributed by atoms with Crippen LogP contribution >= 0.6 is 43.5 Å². The maximum absolute atomic E-state index is 12.2. The Kier molecular flexibility index (Phi) is 4.97. The second-order valence-electron chi connectivity index (χ2n) is 4.00. The SMILES string of the molecule is O=C(Nc1ccc(Br)cc1Br)c1cc(Cl)ccc1[N+](=O)[O-]. The van der Waals surface area contributed by atoms with Crippen molar-refractivity contribution in [3.8, 4) is 0 Å². The summed E-state index contributed by atoms with van der Waals surface area (Å²) < 4.78 is 1.48. The molecule has 0 aliphatic heterocycles. The summed E-state index contributed by atoms with van der Waals surface area (Å²) in [7, 11) is 0. The minimum absolute atomic E-state index is 0.0951. The average Bonchev–Trinajstić information content (AvgIpc) is 2.41. The van der Waals surface area contributed by atoms with Crippen molar-refractivity contribution in [1.29, 1.82) is 0 Å². The highest BCUT2D eigenvalue weighted by atomic mass is 79.9. The van der Waals surface area contributed by atoms with Gasteiger partial charge < -0.3 is 5.32 Å². The summed E-state index contributed by atoms with van der Waals surface area (Å²) in [5.41, 5.74) is 0.102. The van der Waals surface area contributed by atoms with Crippen molar-refractivity contribution in [1.82, 2.24) is 0 Å². The molecule has 0 bridgehead atoms. The van der Waals surface area contributed by atoms with Gasteiger partial charge in [0.05, 0.1) is 10.6 Å². The maximum Gasteiger partial charge on any atom is 0.282 e. The molecule has 0 saturated heterocycles. The number of hydrogen-bond acceptors (Lipinski definition) is 3. The fraction of sp³-hybridized carbons (Fsp3) is 0. The van der Waals surface area contributed by atoms with Crippen molar-refractivity contribution in [2.75, 3.05) is 5.32 Å². The fourth-order valence-electron chi connectivity index (χ4n) is 1.63. The molecule has 8 heteroatoms. The molecule has 2 aromatic carbocycles. The Labute approximate surface area is 141 Å². The molecule has 0 fully saturated rings. The van der Waals surface area contributed by atoms with E-state index in [-0.39, 0.29) is 16.3 Å². The van der Waals surface area contributed by atoms with E-state index < -0.39 is 10.8 Å². The number of nitrogens with zero attached hydrogens (tertiary/aromatic N) is 1. The number of nitro benzene ring substituents is 1. The minimum Gasteiger partial charge on any atom is -0.321 e. The van der Waals surface area contributed by atoms with Crippen LogP contribution in [0.4, 0.5) is 11.4 Å². The third-order valence-corrected chi connectivity index (χ3v) is 3.96. The van der Waals surface area contributed by atoms with Crippen molar-refractivity contribution in [2.45, 2.75) is 0 Å². The maximum atomic E-state index is 12.2. The minimum atomic E-state index is -0.623. The van der Waals surface area contributed by atoms with E-state index in [1.807, 2.05) is 0 Å². The number of benzene rings is 2. The van der Waals surface area contributed by atoms with Crippen molar-refractivity contribution >= 4 is 60.7 Å². The zero-order chi connectivity index (χ0) is 15.6. The third kappa shape index (κ3) is 3.81. The molecule has 0 spiro atoms. The van der Waals surface area contributed by atoms with Crippen molar-refractivity contribution < 1.29 is 9.72 Å². The molecule has 21 heavy (non-hydrogen) atoms. The van der Waals surface area contributed by atoms with Crippen LogP contribution in [0.15, 0.2) is 45.3 Å². The molecular weight excluding hydrogens is 427 g/mol. The molecule has 0 aliphatic rings. The first kappa shape index (κ1) is 15.9. The summed E-state index contributed by atoms with van der Waals surface area (Å²) >= 11 is 12.4. The van der Waals surface area contributed by atoms with Gasteiger partial charge in [0, 0.05) is 20.0 Å². The number of amides is 1. The van der Waals surface area contributed by atoms with Gasteiger partial charge in [0.25, 0.3) is 11.6 Å². The molecule has 2 aromatic rings. The van der Waals surface area contributed by atoms with Gasteiger partial charge in [-0.2, -0.15) is 0 Å². The molecule has 0 radical (unpaired) electrons. The van der Waals surface area contributed by atoms with E-state index in [0.717, 1.165) is 4.47 Å². The van der Waals surface area contributed by atoms with E-state index in [1.54, 1.807) is 18.2 Å².